The summed E-state index contributed by atoms with van der Waals surface area (Å²) < 4.78 is 13.8. The van der Waals surface area contributed by atoms with Gasteiger partial charge in [-0.3, -0.25) is 0 Å². The van der Waals surface area contributed by atoms with Crippen molar-refractivity contribution in [3.05, 3.63) is 35.6 Å². The summed E-state index contributed by atoms with van der Waals surface area (Å²) in [5.74, 6) is 0.656. The molecule has 0 aromatic heterocycles. The van der Waals surface area contributed by atoms with Crippen LogP contribution in [0.4, 0.5) is 4.39 Å². The van der Waals surface area contributed by atoms with Crippen LogP contribution in [-0.2, 0) is 6.42 Å². The maximum Gasteiger partial charge on any atom is 0.126 e. The Kier molecular flexibility index (Phi) is 6.19. The summed E-state index contributed by atoms with van der Waals surface area (Å²) in [6, 6.07) is 8.12. The van der Waals surface area contributed by atoms with Crippen LogP contribution < -0.4 is 5.32 Å². The molecule has 0 amide bonds. The van der Waals surface area contributed by atoms with Gasteiger partial charge in [0.25, 0.3) is 0 Å². The molecule has 1 aliphatic heterocycles. The lowest BCUT2D eigenvalue weighted by atomic mass is 9.95. The van der Waals surface area contributed by atoms with Crippen LogP contribution in [0.1, 0.15) is 39.2 Å². The number of benzene rings is 1. The fraction of sp³-hybridized carbons (Fsp3) is 0.667. The van der Waals surface area contributed by atoms with Crippen molar-refractivity contribution in [3.63, 3.8) is 0 Å². The summed E-state index contributed by atoms with van der Waals surface area (Å²) >= 11 is 0. The standard InChI is InChI=1S/C18H29FN2/c1-14(2)20-12-16-7-6-10-21(13-16)15(3)11-17-8-4-5-9-18(17)19/h4-5,8-9,14-16,20H,6-7,10-13H2,1-3H3. The van der Waals surface area contributed by atoms with Crippen molar-refractivity contribution in [1.82, 2.24) is 10.2 Å². The molecule has 3 heteroatoms. The summed E-state index contributed by atoms with van der Waals surface area (Å²) in [5, 5.41) is 3.55. The molecule has 0 radical (unpaired) electrons. The maximum atomic E-state index is 13.8. The van der Waals surface area contributed by atoms with Gasteiger partial charge in [-0.1, -0.05) is 32.0 Å². The topological polar surface area (TPSA) is 15.3 Å². The molecule has 1 saturated heterocycles. The van der Waals surface area contributed by atoms with Crippen molar-refractivity contribution in [3.8, 4) is 0 Å². The Hall–Kier alpha value is -0.930. The molecule has 1 N–H and O–H groups in total. The molecule has 0 bridgehead atoms. The zero-order chi connectivity index (χ0) is 15.2. The molecule has 2 rings (SSSR count). The molecule has 21 heavy (non-hydrogen) atoms. The van der Waals surface area contributed by atoms with Crippen LogP contribution in [0.15, 0.2) is 24.3 Å². The Bertz CT molecular complexity index is 433. The van der Waals surface area contributed by atoms with E-state index in [9.17, 15) is 4.39 Å². The average Bonchev–Trinajstić information content (AvgIpc) is 2.48. The predicted molar refractivity (Wildman–Crippen MR) is 87.0 cm³/mol. The molecule has 2 unspecified atom stereocenters. The lowest BCUT2D eigenvalue weighted by molar-refractivity contribution is 0.128. The van der Waals surface area contributed by atoms with E-state index in [1.165, 1.54) is 12.8 Å². The van der Waals surface area contributed by atoms with E-state index in [-0.39, 0.29) is 5.82 Å². The third-order valence-corrected chi connectivity index (χ3v) is 4.46. The Labute approximate surface area is 128 Å². The third kappa shape index (κ3) is 5.08. The van der Waals surface area contributed by atoms with Crippen LogP contribution in [0.3, 0.4) is 0 Å². The Morgan fingerprint density at radius 1 is 1.29 bits per heavy atom. The highest BCUT2D eigenvalue weighted by Crippen LogP contribution is 2.20. The fourth-order valence-corrected chi connectivity index (χ4v) is 3.18. The average molecular weight is 292 g/mol. The molecule has 0 saturated carbocycles. The SMILES string of the molecule is CC(C)NCC1CCCN(C(C)Cc2ccccc2F)C1. The number of hydrogen-bond donors (Lipinski definition) is 1. The van der Waals surface area contributed by atoms with E-state index in [0.29, 0.717) is 12.1 Å². The highest BCUT2D eigenvalue weighted by Gasteiger charge is 2.24. The first-order valence-electron chi connectivity index (χ1n) is 8.27. The van der Waals surface area contributed by atoms with Gasteiger partial charge in [-0.15, -0.1) is 0 Å². The van der Waals surface area contributed by atoms with E-state index in [1.807, 2.05) is 12.1 Å². The molecule has 0 aliphatic carbocycles. The van der Waals surface area contributed by atoms with Crippen LogP contribution in [0.5, 0.6) is 0 Å². The van der Waals surface area contributed by atoms with Gasteiger partial charge in [-0.2, -0.15) is 0 Å². The summed E-state index contributed by atoms with van der Waals surface area (Å²) in [6.45, 7) is 10.00. The van der Waals surface area contributed by atoms with Crippen LogP contribution >= 0.6 is 0 Å². The van der Waals surface area contributed by atoms with Crippen molar-refractivity contribution < 1.29 is 4.39 Å². The van der Waals surface area contributed by atoms with Crippen molar-refractivity contribution in [2.75, 3.05) is 19.6 Å². The molecule has 1 aliphatic rings. The molecule has 1 fully saturated rings. The third-order valence-electron chi connectivity index (χ3n) is 4.46. The van der Waals surface area contributed by atoms with Gasteiger partial charge in [0.05, 0.1) is 0 Å². The van der Waals surface area contributed by atoms with Crippen molar-refractivity contribution in [1.29, 1.82) is 0 Å². The largest absolute Gasteiger partial charge is 0.314 e. The monoisotopic (exact) mass is 292 g/mol. The summed E-state index contributed by atoms with van der Waals surface area (Å²) in [7, 11) is 0. The number of nitrogens with one attached hydrogen (secondary N) is 1. The van der Waals surface area contributed by atoms with Gasteiger partial charge < -0.3 is 10.2 Å². The summed E-state index contributed by atoms with van der Waals surface area (Å²) in [6.07, 6.45) is 3.37. The minimum Gasteiger partial charge on any atom is -0.314 e. The smallest absolute Gasteiger partial charge is 0.126 e. The number of halogens is 1. The highest BCUT2D eigenvalue weighted by molar-refractivity contribution is 5.18. The number of piperidine rings is 1. The van der Waals surface area contributed by atoms with Gasteiger partial charge in [0.2, 0.25) is 0 Å². The molecule has 118 valence electrons. The Morgan fingerprint density at radius 3 is 2.76 bits per heavy atom. The molecule has 1 aromatic carbocycles. The first-order valence-corrected chi connectivity index (χ1v) is 8.27. The molecule has 0 spiro atoms. The second kappa shape index (κ2) is 7.90. The lowest BCUT2D eigenvalue weighted by Gasteiger charge is -2.37. The zero-order valence-corrected chi connectivity index (χ0v) is 13.6. The molecular weight excluding hydrogens is 263 g/mol. The van der Waals surface area contributed by atoms with Gasteiger partial charge in [0, 0.05) is 18.6 Å². The van der Waals surface area contributed by atoms with E-state index in [4.69, 9.17) is 0 Å². The number of likely N-dealkylation sites (tertiary alicyclic amines) is 1. The van der Waals surface area contributed by atoms with Gasteiger partial charge in [0.15, 0.2) is 0 Å². The second-order valence-corrected chi connectivity index (χ2v) is 6.71. The van der Waals surface area contributed by atoms with E-state index < -0.39 is 0 Å². The Balaban J connectivity index is 1.87. The quantitative estimate of drug-likeness (QED) is 0.863. The lowest BCUT2D eigenvalue weighted by Crippen LogP contribution is -2.45. The van der Waals surface area contributed by atoms with Crippen LogP contribution in [0, 0.1) is 11.7 Å². The first-order chi connectivity index (χ1) is 10.1. The Morgan fingerprint density at radius 2 is 2.05 bits per heavy atom. The molecular formula is C18H29FN2. The molecule has 1 aromatic rings. The summed E-state index contributed by atoms with van der Waals surface area (Å²) in [5.41, 5.74) is 0.840. The maximum absolute atomic E-state index is 13.8. The van der Waals surface area contributed by atoms with Crippen molar-refractivity contribution >= 4 is 0 Å². The van der Waals surface area contributed by atoms with Gasteiger partial charge in [-0.25, -0.2) is 4.39 Å². The summed E-state index contributed by atoms with van der Waals surface area (Å²) in [4.78, 5) is 2.53. The highest BCUT2D eigenvalue weighted by atomic mass is 19.1. The second-order valence-electron chi connectivity index (χ2n) is 6.71. The van der Waals surface area contributed by atoms with E-state index in [2.05, 4.69) is 31.0 Å². The van der Waals surface area contributed by atoms with Crippen LogP contribution in [-0.4, -0.2) is 36.6 Å². The first kappa shape index (κ1) is 16.4. The van der Waals surface area contributed by atoms with Crippen LogP contribution in [0.25, 0.3) is 0 Å². The number of nitrogens with zero attached hydrogens (tertiary/aromatic N) is 1. The molecule has 1 heterocycles. The van der Waals surface area contributed by atoms with E-state index >= 15 is 0 Å². The van der Waals surface area contributed by atoms with Gasteiger partial charge in [-0.05, 0) is 56.8 Å². The zero-order valence-electron chi connectivity index (χ0n) is 13.6. The minimum absolute atomic E-state index is 0.0700. The minimum atomic E-state index is -0.0700. The van der Waals surface area contributed by atoms with Crippen molar-refractivity contribution in [2.24, 2.45) is 5.92 Å². The predicted octanol–water partition coefficient (Wildman–Crippen LogP) is 3.47. The van der Waals surface area contributed by atoms with Crippen molar-refractivity contribution in [2.45, 2.75) is 52.1 Å². The fourth-order valence-electron chi connectivity index (χ4n) is 3.18. The normalized spacial score (nSPS) is 21.7. The van der Waals surface area contributed by atoms with Crippen LogP contribution in [0.2, 0.25) is 0 Å². The number of rotatable bonds is 6. The van der Waals surface area contributed by atoms with Gasteiger partial charge in [0.1, 0.15) is 5.82 Å². The molecule has 2 nitrogen and oxygen atoms in total. The molecule has 2 atom stereocenters. The van der Waals surface area contributed by atoms with E-state index in [0.717, 1.165) is 37.5 Å². The van der Waals surface area contributed by atoms with Gasteiger partial charge >= 0.3 is 0 Å². The van der Waals surface area contributed by atoms with E-state index in [1.54, 1.807) is 12.1 Å². The number of hydrogen-bond acceptors (Lipinski definition) is 2.